The zero-order valence-electron chi connectivity index (χ0n) is 10.0. The number of nitrogen functional groups attached to an aromatic ring is 1. The summed E-state index contributed by atoms with van der Waals surface area (Å²) in [6, 6.07) is 1.26. The van der Waals surface area contributed by atoms with Crippen LogP contribution in [0, 0.1) is 11.3 Å². The minimum atomic E-state index is -2.66. The Morgan fingerprint density at radius 1 is 1.70 bits per heavy atom. The molecule has 1 aliphatic rings. The third kappa shape index (κ3) is 2.25. The Morgan fingerprint density at radius 3 is 2.95 bits per heavy atom. The van der Waals surface area contributed by atoms with Gasteiger partial charge in [0, 0.05) is 11.6 Å². The Morgan fingerprint density at radius 2 is 2.40 bits per heavy atom. The average molecular weight is 304 g/mol. The lowest BCUT2D eigenvalue weighted by Crippen LogP contribution is -2.44. The van der Waals surface area contributed by atoms with Crippen LogP contribution in [-0.2, 0) is 4.74 Å². The van der Waals surface area contributed by atoms with Crippen LogP contribution in [0.2, 0.25) is 0 Å². The van der Waals surface area contributed by atoms with Crippen molar-refractivity contribution in [3.8, 4) is 11.3 Å². The van der Waals surface area contributed by atoms with E-state index in [4.69, 9.17) is 27.2 Å². The zero-order valence-corrected chi connectivity index (χ0v) is 10.8. The summed E-state index contributed by atoms with van der Waals surface area (Å²) >= 11 is 5.19. The normalized spacial score (nSPS) is 32.7. The van der Waals surface area contributed by atoms with Crippen LogP contribution in [0.5, 0.6) is 0 Å². The fraction of sp³-hybridized carbons (Fsp3) is 0.455. The molecule has 0 amide bonds. The summed E-state index contributed by atoms with van der Waals surface area (Å²) in [4.78, 5) is 15.2. The fourth-order valence-electron chi connectivity index (χ4n) is 1.98. The molecule has 1 unspecified atom stereocenters. The number of rotatable bonds is 2. The first-order chi connectivity index (χ1) is 9.43. The largest absolute Gasteiger partial charge is 0.394 e. The number of ether oxygens (including phenoxy) is 1. The van der Waals surface area contributed by atoms with Crippen LogP contribution in [0.3, 0.4) is 0 Å². The third-order valence-corrected chi connectivity index (χ3v) is 3.06. The number of nitrogens with two attached hydrogens (primary N) is 1. The van der Waals surface area contributed by atoms with Crippen molar-refractivity contribution >= 4 is 17.4 Å². The molecule has 7 nitrogen and oxygen atoms in total. The van der Waals surface area contributed by atoms with Crippen molar-refractivity contribution in [2.75, 3.05) is 12.3 Å². The van der Waals surface area contributed by atoms with Gasteiger partial charge >= 0.3 is 5.69 Å². The second-order valence-electron chi connectivity index (χ2n) is 4.18. The van der Waals surface area contributed by atoms with Crippen LogP contribution in [0.25, 0.3) is 0 Å². The highest BCUT2D eigenvalue weighted by Gasteiger charge is 2.57. The topological polar surface area (TPSA) is 111 Å². The van der Waals surface area contributed by atoms with Gasteiger partial charge in [-0.05, 0) is 23.6 Å². The Kier molecular flexibility index (Phi) is 3.96. The van der Waals surface area contributed by atoms with Crippen LogP contribution in [0.1, 0.15) is 6.23 Å². The molecule has 20 heavy (non-hydrogen) atoms. The van der Waals surface area contributed by atoms with Gasteiger partial charge in [-0.25, -0.2) is 9.18 Å². The minimum absolute atomic E-state index is 0.0450. The van der Waals surface area contributed by atoms with E-state index in [1.54, 1.807) is 0 Å². The second-order valence-corrected chi connectivity index (χ2v) is 4.37. The first-order valence-corrected chi connectivity index (χ1v) is 5.92. The van der Waals surface area contributed by atoms with Crippen LogP contribution in [0.15, 0.2) is 17.1 Å². The molecular formula is C11H11ClFN3O4. The number of halogens is 2. The lowest BCUT2D eigenvalue weighted by atomic mass is 9.97. The monoisotopic (exact) mass is 303 g/mol. The molecule has 2 rings (SSSR count). The van der Waals surface area contributed by atoms with E-state index in [-0.39, 0.29) is 5.82 Å². The molecule has 0 spiro atoms. The molecule has 1 fully saturated rings. The number of hydrogen-bond donors (Lipinski definition) is 3. The zero-order chi connectivity index (χ0) is 14.9. The van der Waals surface area contributed by atoms with Gasteiger partial charge < -0.3 is 20.7 Å². The van der Waals surface area contributed by atoms with Gasteiger partial charge in [0.15, 0.2) is 6.23 Å². The van der Waals surface area contributed by atoms with Gasteiger partial charge in [0.2, 0.25) is 5.67 Å². The summed E-state index contributed by atoms with van der Waals surface area (Å²) in [7, 11) is 0. The summed E-state index contributed by atoms with van der Waals surface area (Å²) in [6.07, 6.45) is -3.45. The van der Waals surface area contributed by atoms with Crippen molar-refractivity contribution in [1.29, 1.82) is 0 Å². The molecule has 0 aliphatic carbocycles. The first-order valence-electron chi connectivity index (χ1n) is 5.54. The molecule has 1 aromatic rings. The van der Waals surface area contributed by atoms with E-state index in [0.717, 1.165) is 10.8 Å². The van der Waals surface area contributed by atoms with Gasteiger partial charge in [-0.1, -0.05) is 0 Å². The Bertz CT molecular complexity index is 628. The average Bonchev–Trinajstić information content (AvgIpc) is 2.63. The molecule has 108 valence electrons. The fourth-order valence-corrected chi connectivity index (χ4v) is 2.12. The quantitative estimate of drug-likeness (QED) is 0.603. The van der Waals surface area contributed by atoms with Gasteiger partial charge in [0.25, 0.3) is 0 Å². The molecule has 1 aromatic heterocycles. The van der Waals surface area contributed by atoms with Gasteiger partial charge in [-0.2, -0.15) is 4.98 Å². The maximum Gasteiger partial charge on any atom is 0.351 e. The SMILES string of the molecule is Nc1ccn([C@@H]2O[C@H](CO)[C@H](O)C2(F)C#CCl)c(=O)n1. The number of alkyl halides is 1. The van der Waals surface area contributed by atoms with E-state index in [9.17, 15) is 14.3 Å². The molecule has 0 radical (unpaired) electrons. The smallest absolute Gasteiger partial charge is 0.351 e. The van der Waals surface area contributed by atoms with E-state index < -0.39 is 36.4 Å². The number of aliphatic hydroxyl groups excluding tert-OH is 2. The summed E-state index contributed by atoms with van der Waals surface area (Å²) in [5.74, 6) is 1.92. The highest BCUT2D eigenvalue weighted by atomic mass is 35.5. The molecule has 0 saturated carbocycles. The molecule has 1 aliphatic heterocycles. The van der Waals surface area contributed by atoms with E-state index in [1.165, 1.54) is 6.07 Å². The lowest BCUT2D eigenvalue weighted by molar-refractivity contribution is -0.0542. The summed E-state index contributed by atoms with van der Waals surface area (Å²) in [5, 5.41) is 20.7. The van der Waals surface area contributed by atoms with Crippen LogP contribution < -0.4 is 11.4 Å². The van der Waals surface area contributed by atoms with E-state index in [2.05, 4.69) is 4.98 Å². The van der Waals surface area contributed by atoms with Crippen molar-refractivity contribution in [1.82, 2.24) is 9.55 Å². The van der Waals surface area contributed by atoms with Gasteiger partial charge in [-0.3, -0.25) is 4.57 Å². The third-order valence-electron chi connectivity index (χ3n) is 2.97. The number of aliphatic hydroxyl groups is 2. The van der Waals surface area contributed by atoms with Crippen molar-refractivity contribution in [3.05, 3.63) is 22.7 Å². The second kappa shape index (κ2) is 5.38. The predicted molar refractivity (Wildman–Crippen MR) is 67.4 cm³/mol. The van der Waals surface area contributed by atoms with Crippen LogP contribution in [-0.4, -0.2) is 44.2 Å². The predicted octanol–water partition coefficient (Wildman–Crippen LogP) is -1.02. The molecular weight excluding hydrogens is 293 g/mol. The lowest BCUT2D eigenvalue weighted by Gasteiger charge is -2.23. The van der Waals surface area contributed by atoms with Gasteiger partial charge in [0.05, 0.1) is 6.61 Å². The maximum atomic E-state index is 14.8. The van der Waals surface area contributed by atoms with Crippen molar-refractivity contribution in [2.24, 2.45) is 0 Å². The van der Waals surface area contributed by atoms with Crippen LogP contribution >= 0.6 is 11.6 Å². The summed E-state index contributed by atoms with van der Waals surface area (Å²) < 4.78 is 20.7. The molecule has 4 atom stereocenters. The van der Waals surface area contributed by atoms with E-state index in [0.29, 0.717) is 0 Å². The molecule has 9 heteroatoms. The number of aromatic nitrogens is 2. The Labute approximate surface area is 117 Å². The molecule has 1 saturated heterocycles. The van der Waals surface area contributed by atoms with Crippen LogP contribution in [0.4, 0.5) is 10.2 Å². The van der Waals surface area contributed by atoms with Gasteiger partial charge in [0.1, 0.15) is 18.0 Å². The molecule has 0 bridgehead atoms. The number of anilines is 1. The molecule has 0 aromatic carbocycles. The van der Waals surface area contributed by atoms with Crippen molar-refractivity contribution in [3.63, 3.8) is 0 Å². The maximum absolute atomic E-state index is 14.8. The Hall–Kier alpha value is -1.66. The Balaban J connectivity index is 2.52. The van der Waals surface area contributed by atoms with Gasteiger partial charge in [-0.15, -0.1) is 0 Å². The summed E-state index contributed by atoms with van der Waals surface area (Å²) in [5.41, 5.74) is 1.80. The van der Waals surface area contributed by atoms with Crippen molar-refractivity contribution in [2.45, 2.75) is 24.1 Å². The van der Waals surface area contributed by atoms with Crippen molar-refractivity contribution < 1.29 is 19.3 Å². The number of hydrogen-bond acceptors (Lipinski definition) is 6. The van der Waals surface area contributed by atoms with E-state index >= 15 is 0 Å². The first kappa shape index (κ1) is 14.7. The number of nitrogens with zero attached hydrogens (tertiary/aromatic N) is 2. The molecule has 2 heterocycles. The van der Waals surface area contributed by atoms with E-state index in [1.807, 2.05) is 11.3 Å². The minimum Gasteiger partial charge on any atom is -0.394 e. The highest BCUT2D eigenvalue weighted by Crippen LogP contribution is 2.40. The summed E-state index contributed by atoms with van der Waals surface area (Å²) in [6.45, 7) is -0.648. The standard InChI is InChI=1S/C11H11ClFN3O4/c12-3-2-11(13)8(18)6(5-17)20-9(11)16-4-1-7(14)15-10(16)19/h1,4,6,8-9,17-18H,5H2,(H2,14,15,19)/t6-,8+,9-,11?/m1/s1. The molecule has 4 N–H and O–H groups in total. The highest BCUT2D eigenvalue weighted by molar-refractivity contribution is 6.30.